The normalized spacial score (nSPS) is 50.0. The molecule has 0 radical (unpaired) electrons. The summed E-state index contributed by atoms with van der Waals surface area (Å²) >= 11 is 1.00. The van der Waals surface area contributed by atoms with Crippen molar-refractivity contribution >= 4 is 11.8 Å². The molecule has 2 rings (SSSR count). The Morgan fingerprint density at radius 3 is 2.05 bits per heavy atom. The first-order chi connectivity index (χ1) is 10.4. The van der Waals surface area contributed by atoms with E-state index in [2.05, 4.69) is 0 Å². The summed E-state index contributed by atoms with van der Waals surface area (Å²) in [5, 5.41) is 66.4. The number of ether oxygens (including phenoxy) is 2. The molecule has 2 saturated heterocycles. The van der Waals surface area contributed by atoms with Gasteiger partial charge in [-0.15, -0.1) is 11.8 Å². The molecule has 130 valence electrons. The lowest BCUT2D eigenvalue weighted by Crippen LogP contribution is -2.58. The summed E-state index contributed by atoms with van der Waals surface area (Å²) in [6.07, 6.45) is -8.61. The van der Waals surface area contributed by atoms with Gasteiger partial charge in [-0.1, -0.05) is 0 Å². The monoisotopic (exact) mass is 342 g/mol. The van der Waals surface area contributed by atoms with Gasteiger partial charge in [-0.2, -0.15) is 0 Å². The third-order valence-corrected chi connectivity index (χ3v) is 5.37. The molecule has 0 aromatic rings. The maximum Gasteiger partial charge on any atom is 0.181 e. The molecule has 0 aliphatic carbocycles. The van der Waals surface area contributed by atoms with Gasteiger partial charge < -0.3 is 45.2 Å². The summed E-state index contributed by atoms with van der Waals surface area (Å²) in [7, 11) is 0. The molecular formula is C12H22O9S. The van der Waals surface area contributed by atoms with Gasteiger partial charge in [0.05, 0.1) is 19.3 Å². The van der Waals surface area contributed by atoms with Crippen molar-refractivity contribution in [2.24, 2.45) is 0 Å². The van der Waals surface area contributed by atoms with E-state index in [1.807, 2.05) is 0 Å². The second-order valence-corrected chi connectivity index (χ2v) is 6.76. The van der Waals surface area contributed by atoms with Gasteiger partial charge >= 0.3 is 0 Å². The summed E-state index contributed by atoms with van der Waals surface area (Å²) in [5.41, 5.74) is -0.986. The van der Waals surface area contributed by atoms with E-state index in [1.165, 1.54) is 0 Å². The lowest BCUT2D eigenvalue weighted by atomic mass is 10.0. The van der Waals surface area contributed by atoms with Crippen molar-refractivity contribution in [2.45, 2.75) is 60.0 Å². The Hall–Kier alpha value is -0.0100. The Kier molecular flexibility index (Phi) is 6.42. The van der Waals surface area contributed by atoms with Crippen LogP contribution in [0.5, 0.6) is 0 Å². The molecule has 1 unspecified atom stereocenters. The molecule has 2 fully saturated rings. The van der Waals surface area contributed by atoms with E-state index in [-0.39, 0.29) is 6.42 Å². The van der Waals surface area contributed by atoms with Crippen molar-refractivity contribution in [1.29, 1.82) is 0 Å². The van der Waals surface area contributed by atoms with Crippen LogP contribution in [0.3, 0.4) is 0 Å². The standard InChI is InChI=1S/C12H22O9S/c13-2-5-7(1-4(15)11(19)20-5)22-12-10(18)9(17)8(16)6(3-14)21-12/h4-19H,1-3H2/t4-,5-,6-,7+,8+,9+,10-,11?,12+/m1/s1. The zero-order valence-electron chi connectivity index (χ0n) is 11.7. The highest BCUT2D eigenvalue weighted by Crippen LogP contribution is 2.36. The number of aliphatic hydroxyl groups excluding tert-OH is 7. The minimum Gasteiger partial charge on any atom is -0.394 e. The molecular weight excluding hydrogens is 320 g/mol. The third-order valence-electron chi connectivity index (χ3n) is 3.87. The predicted octanol–water partition coefficient (Wildman–Crippen LogP) is -3.65. The molecule has 10 heteroatoms. The Bertz CT molecular complexity index is 357. The summed E-state index contributed by atoms with van der Waals surface area (Å²) in [6, 6.07) is 0. The van der Waals surface area contributed by atoms with E-state index in [4.69, 9.17) is 14.6 Å². The molecule has 0 amide bonds. The Morgan fingerprint density at radius 2 is 1.45 bits per heavy atom. The maximum absolute atomic E-state index is 9.98. The minimum atomic E-state index is -1.49. The van der Waals surface area contributed by atoms with Crippen LogP contribution in [0.4, 0.5) is 0 Å². The van der Waals surface area contributed by atoms with Crippen LogP contribution in [0.1, 0.15) is 6.42 Å². The fourth-order valence-corrected chi connectivity index (χ4v) is 4.03. The maximum atomic E-state index is 9.98. The fraction of sp³-hybridized carbons (Fsp3) is 1.00. The van der Waals surface area contributed by atoms with E-state index in [0.29, 0.717) is 0 Å². The van der Waals surface area contributed by atoms with E-state index < -0.39 is 66.8 Å². The number of thioether (sulfide) groups is 1. The first-order valence-corrected chi connectivity index (χ1v) is 7.91. The molecule has 2 heterocycles. The number of hydrogen-bond acceptors (Lipinski definition) is 10. The van der Waals surface area contributed by atoms with Gasteiger partial charge in [-0.3, -0.25) is 0 Å². The van der Waals surface area contributed by atoms with E-state index in [0.717, 1.165) is 11.8 Å². The third kappa shape index (κ3) is 3.73. The molecule has 0 saturated carbocycles. The van der Waals surface area contributed by atoms with Crippen molar-refractivity contribution < 1.29 is 45.2 Å². The van der Waals surface area contributed by atoms with Crippen molar-refractivity contribution in [3.8, 4) is 0 Å². The molecule has 0 aromatic heterocycles. The van der Waals surface area contributed by atoms with Crippen molar-refractivity contribution in [3.05, 3.63) is 0 Å². The Balaban J connectivity index is 2.04. The molecule has 7 N–H and O–H groups in total. The van der Waals surface area contributed by atoms with Gasteiger partial charge in [-0.25, -0.2) is 0 Å². The smallest absolute Gasteiger partial charge is 0.181 e. The number of hydrogen-bond donors (Lipinski definition) is 7. The van der Waals surface area contributed by atoms with Gasteiger partial charge in [0.2, 0.25) is 0 Å². The molecule has 2 aliphatic heterocycles. The SMILES string of the molecule is OC[C@H]1O[C@@H](S[C@H]2C[C@@H](O)C(O)O[C@@H]2CO)[C@H](O)[C@@H](O)[C@H]1O. The van der Waals surface area contributed by atoms with Crippen LogP contribution in [0.2, 0.25) is 0 Å². The highest BCUT2D eigenvalue weighted by molar-refractivity contribution is 8.00. The summed E-state index contributed by atoms with van der Waals surface area (Å²) < 4.78 is 10.4. The zero-order valence-corrected chi connectivity index (χ0v) is 12.5. The Morgan fingerprint density at radius 1 is 0.818 bits per heavy atom. The van der Waals surface area contributed by atoms with Gasteiger partial charge in [0, 0.05) is 5.25 Å². The van der Waals surface area contributed by atoms with Gasteiger partial charge in [0.1, 0.15) is 36.0 Å². The number of aliphatic hydroxyl groups is 7. The lowest BCUT2D eigenvalue weighted by molar-refractivity contribution is -0.220. The molecule has 9 nitrogen and oxygen atoms in total. The van der Waals surface area contributed by atoms with E-state index >= 15 is 0 Å². The predicted molar refractivity (Wildman–Crippen MR) is 73.7 cm³/mol. The van der Waals surface area contributed by atoms with Crippen LogP contribution in [-0.2, 0) is 9.47 Å². The number of rotatable bonds is 4. The fourth-order valence-electron chi connectivity index (χ4n) is 2.52. The molecule has 0 aromatic carbocycles. The quantitative estimate of drug-likeness (QED) is 0.271. The van der Waals surface area contributed by atoms with Crippen molar-refractivity contribution in [2.75, 3.05) is 13.2 Å². The second kappa shape index (κ2) is 7.71. The molecule has 0 spiro atoms. The second-order valence-electron chi connectivity index (χ2n) is 5.42. The lowest BCUT2D eigenvalue weighted by Gasteiger charge is -2.43. The molecule has 2 aliphatic rings. The van der Waals surface area contributed by atoms with Gasteiger partial charge in [-0.05, 0) is 6.42 Å². The molecule has 0 bridgehead atoms. The summed E-state index contributed by atoms with van der Waals surface area (Å²) in [6.45, 7) is -0.938. The highest BCUT2D eigenvalue weighted by atomic mass is 32.2. The summed E-state index contributed by atoms with van der Waals surface area (Å²) in [5.74, 6) is 0. The molecule has 9 atom stereocenters. The van der Waals surface area contributed by atoms with Gasteiger partial charge in [0.15, 0.2) is 6.29 Å². The molecule has 22 heavy (non-hydrogen) atoms. The van der Waals surface area contributed by atoms with Crippen LogP contribution in [0, 0.1) is 0 Å². The average molecular weight is 342 g/mol. The minimum absolute atomic E-state index is 0.0894. The largest absolute Gasteiger partial charge is 0.394 e. The first kappa shape index (κ1) is 18.3. The Labute approximate surface area is 131 Å². The zero-order chi connectivity index (χ0) is 16.4. The van der Waals surface area contributed by atoms with Crippen LogP contribution >= 0.6 is 11.8 Å². The van der Waals surface area contributed by atoms with Crippen LogP contribution < -0.4 is 0 Å². The van der Waals surface area contributed by atoms with E-state index in [1.54, 1.807) is 0 Å². The van der Waals surface area contributed by atoms with Crippen LogP contribution in [0.15, 0.2) is 0 Å². The van der Waals surface area contributed by atoms with Gasteiger partial charge in [0.25, 0.3) is 0 Å². The first-order valence-electron chi connectivity index (χ1n) is 6.97. The van der Waals surface area contributed by atoms with E-state index in [9.17, 15) is 30.6 Å². The van der Waals surface area contributed by atoms with Crippen molar-refractivity contribution in [3.63, 3.8) is 0 Å². The average Bonchev–Trinajstić information content (AvgIpc) is 2.51. The van der Waals surface area contributed by atoms with Crippen molar-refractivity contribution in [1.82, 2.24) is 0 Å². The topological polar surface area (TPSA) is 160 Å². The highest BCUT2D eigenvalue weighted by Gasteiger charge is 2.46. The summed E-state index contributed by atoms with van der Waals surface area (Å²) in [4.78, 5) is 0. The van der Waals surface area contributed by atoms with Crippen LogP contribution in [0.25, 0.3) is 0 Å². The van der Waals surface area contributed by atoms with Crippen LogP contribution in [-0.4, -0.2) is 103 Å².